The molecule has 0 saturated heterocycles. The monoisotopic (exact) mass is 322 g/mol. The van der Waals surface area contributed by atoms with Crippen LogP contribution >= 0.6 is 0 Å². The van der Waals surface area contributed by atoms with Crippen LogP contribution in [-0.4, -0.2) is 26.2 Å². The van der Waals surface area contributed by atoms with Crippen molar-refractivity contribution >= 4 is 23.1 Å². The van der Waals surface area contributed by atoms with Gasteiger partial charge in [0, 0.05) is 0 Å². The second kappa shape index (κ2) is 6.71. The number of hydrogen-bond acceptors (Lipinski definition) is 4. The quantitative estimate of drug-likeness (QED) is 0.811. The molecule has 0 fully saturated rings. The van der Waals surface area contributed by atoms with Gasteiger partial charge in [0.25, 0.3) is 0 Å². The molecular formula is C20H18O4. The summed E-state index contributed by atoms with van der Waals surface area (Å²) in [5.41, 5.74) is 3.46. The second-order valence-corrected chi connectivity index (χ2v) is 5.56. The molecule has 2 aromatic carbocycles. The zero-order chi connectivity index (χ0) is 17.1. The van der Waals surface area contributed by atoms with Crippen LogP contribution in [-0.2, 0) is 19.1 Å². The number of ether oxygens (including phenoxy) is 2. The van der Waals surface area contributed by atoms with E-state index in [-0.39, 0.29) is 0 Å². The molecule has 4 nitrogen and oxygen atoms in total. The normalized spacial score (nSPS) is 19.4. The van der Waals surface area contributed by atoms with Gasteiger partial charge >= 0.3 is 11.9 Å². The first-order valence-electron chi connectivity index (χ1n) is 7.69. The maximum absolute atomic E-state index is 12.3. The fourth-order valence-corrected chi connectivity index (χ4v) is 3.24. The van der Waals surface area contributed by atoms with Crippen molar-refractivity contribution in [3.8, 4) is 0 Å². The number of carbonyl (C=O) groups excluding carboxylic acids is 2. The van der Waals surface area contributed by atoms with Crippen LogP contribution < -0.4 is 0 Å². The minimum Gasteiger partial charge on any atom is -0.469 e. The molecule has 0 aliphatic heterocycles. The fourth-order valence-electron chi connectivity index (χ4n) is 3.24. The topological polar surface area (TPSA) is 52.6 Å². The highest BCUT2D eigenvalue weighted by Crippen LogP contribution is 2.52. The zero-order valence-electron chi connectivity index (χ0n) is 13.6. The van der Waals surface area contributed by atoms with E-state index in [0.717, 1.165) is 22.3 Å². The summed E-state index contributed by atoms with van der Waals surface area (Å²) < 4.78 is 9.87. The Hall–Kier alpha value is -2.88. The van der Waals surface area contributed by atoms with E-state index in [1.165, 1.54) is 14.2 Å². The van der Waals surface area contributed by atoms with Gasteiger partial charge in [-0.2, -0.15) is 0 Å². The Kier molecular flexibility index (Phi) is 4.47. The molecule has 0 spiro atoms. The number of hydrogen-bond donors (Lipinski definition) is 0. The van der Waals surface area contributed by atoms with Gasteiger partial charge in [0.2, 0.25) is 0 Å². The Balaban J connectivity index is 2.21. The van der Waals surface area contributed by atoms with E-state index in [4.69, 9.17) is 9.47 Å². The first-order valence-corrected chi connectivity index (χ1v) is 7.69. The van der Waals surface area contributed by atoms with Gasteiger partial charge in [0.05, 0.1) is 14.2 Å². The van der Waals surface area contributed by atoms with Crippen molar-refractivity contribution in [3.05, 3.63) is 71.8 Å². The summed E-state index contributed by atoms with van der Waals surface area (Å²) in [6.07, 6.45) is 0. The SMILES string of the molecule is COC(=O)[C@H]1C(c2ccccc2)=C(c2ccccc2)[C@@H]1C(=O)OC. The van der Waals surface area contributed by atoms with Crippen LogP contribution in [0.15, 0.2) is 60.7 Å². The number of carbonyl (C=O) groups is 2. The van der Waals surface area contributed by atoms with Crippen molar-refractivity contribution in [2.75, 3.05) is 14.2 Å². The van der Waals surface area contributed by atoms with E-state index in [1.807, 2.05) is 60.7 Å². The van der Waals surface area contributed by atoms with Crippen molar-refractivity contribution in [2.24, 2.45) is 11.8 Å². The lowest BCUT2D eigenvalue weighted by atomic mass is 9.63. The van der Waals surface area contributed by atoms with Gasteiger partial charge in [-0.1, -0.05) is 60.7 Å². The summed E-state index contributed by atoms with van der Waals surface area (Å²) >= 11 is 0. The van der Waals surface area contributed by atoms with Crippen LogP contribution in [0.25, 0.3) is 11.1 Å². The Morgan fingerprint density at radius 3 is 1.29 bits per heavy atom. The molecule has 0 heterocycles. The zero-order valence-corrected chi connectivity index (χ0v) is 13.6. The van der Waals surface area contributed by atoms with Crippen LogP contribution in [0.5, 0.6) is 0 Å². The molecule has 0 radical (unpaired) electrons. The van der Waals surface area contributed by atoms with Gasteiger partial charge in [0.1, 0.15) is 11.8 Å². The summed E-state index contributed by atoms with van der Waals surface area (Å²) in [6, 6.07) is 19.2. The van der Waals surface area contributed by atoms with Gasteiger partial charge in [-0.25, -0.2) is 0 Å². The molecule has 1 aliphatic carbocycles. The molecule has 3 rings (SSSR count). The minimum atomic E-state index is -0.653. The van der Waals surface area contributed by atoms with Crippen molar-refractivity contribution < 1.29 is 19.1 Å². The number of esters is 2. The second-order valence-electron chi connectivity index (χ2n) is 5.56. The summed E-state index contributed by atoms with van der Waals surface area (Å²) in [5, 5.41) is 0. The smallest absolute Gasteiger partial charge is 0.314 e. The van der Waals surface area contributed by atoms with Gasteiger partial charge in [-0.05, 0) is 22.3 Å². The highest BCUT2D eigenvalue weighted by molar-refractivity contribution is 6.15. The fraction of sp³-hybridized carbons (Fsp3) is 0.200. The molecule has 2 atom stereocenters. The third kappa shape index (κ3) is 2.60. The van der Waals surface area contributed by atoms with Crippen LogP contribution in [0.2, 0.25) is 0 Å². The van der Waals surface area contributed by atoms with E-state index in [1.54, 1.807) is 0 Å². The number of benzene rings is 2. The molecule has 122 valence electrons. The average molecular weight is 322 g/mol. The highest BCUT2D eigenvalue weighted by atomic mass is 16.5. The summed E-state index contributed by atoms with van der Waals surface area (Å²) in [4.78, 5) is 24.6. The first-order chi connectivity index (χ1) is 11.7. The van der Waals surface area contributed by atoms with Gasteiger partial charge < -0.3 is 9.47 Å². The van der Waals surface area contributed by atoms with Gasteiger partial charge in [-0.3, -0.25) is 9.59 Å². The Morgan fingerprint density at radius 2 is 1.00 bits per heavy atom. The van der Waals surface area contributed by atoms with Crippen molar-refractivity contribution in [3.63, 3.8) is 0 Å². The third-order valence-corrected chi connectivity index (χ3v) is 4.33. The molecule has 2 aromatic rings. The summed E-state index contributed by atoms with van der Waals surface area (Å²) in [7, 11) is 2.67. The van der Waals surface area contributed by atoms with E-state index in [9.17, 15) is 9.59 Å². The molecular weight excluding hydrogens is 304 g/mol. The largest absolute Gasteiger partial charge is 0.469 e. The lowest BCUT2D eigenvalue weighted by molar-refractivity contribution is -0.153. The molecule has 0 saturated carbocycles. The van der Waals surface area contributed by atoms with E-state index >= 15 is 0 Å². The average Bonchev–Trinajstić information content (AvgIpc) is 2.62. The molecule has 0 aromatic heterocycles. The van der Waals surface area contributed by atoms with Crippen LogP contribution in [0.4, 0.5) is 0 Å². The Bertz CT molecular complexity index is 710. The highest BCUT2D eigenvalue weighted by Gasteiger charge is 2.51. The van der Waals surface area contributed by atoms with Crippen molar-refractivity contribution in [1.82, 2.24) is 0 Å². The number of methoxy groups -OCH3 is 2. The Morgan fingerprint density at radius 1 is 0.667 bits per heavy atom. The molecule has 0 unspecified atom stereocenters. The third-order valence-electron chi connectivity index (χ3n) is 4.33. The van der Waals surface area contributed by atoms with Gasteiger partial charge in [0.15, 0.2) is 0 Å². The maximum Gasteiger partial charge on any atom is 0.314 e. The predicted molar refractivity (Wildman–Crippen MR) is 90.7 cm³/mol. The predicted octanol–water partition coefficient (Wildman–Crippen LogP) is 3.19. The molecule has 4 heteroatoms. The lowest BCUT2D eigenvalue weighted by Gasteiger charge is -2.39. The summed E-state index contributed by atoms with van der Waals surface area (Å²) in [6.45, 7) is 0. The Labute approximate surface area is 140 Å². The minimum absolute atomic E-state index is 0.427. The van der Waals surface area contributed by atoms with E-state index in [2.05, 4.69) is 0 Å². The number of rotatable bonds is 4. The van der Waals surface area contributed by atoms with Crippen LogP contribution in [0, 0.1) is 11.8 Å². The molecule has 24 heavy (non-hydrogen) atoms. The lowest BCUT2D eigenvalue weighted by Crippen LogP contribution is -2.41. The van der Waals surface area contributed by atoms with E-state index < -0.39 is 23.8 Å². The van der Waals surface area contributed by atoms with Crippen molar-refractivity contribution in [1.29, 1.82) is 0 Å². The van der Waals surface area contributed by atoms with Crippen molar-refractivity contribution in [2.45, 2.75) is 0 Å². The van der Waals surface area contributed by atoms with Crippen LogP contribution in [0.1, 0.15) is 11.1 Å². The summed E-state index contributed by atoms with van der Waals surface area (Å²) in [5.74, 6) is -2.16. The first kappa shape index (κ1) is 16.0. The molecule has 0 bridgehead atoms. The van der Waals surface area contributed by atoms with Gasteiger partial charge in [-0.15, -0.1) is 0 Å². The maximum atomic E-state index is 12.3. The van der Waals surface area contributed by atoms with E-state index in [0.29, 0.717) is 0 Å². The molecule has 1 aliphatic rings. The van der Waals surface area contributed by atoms with Crippen LogP contribution in [0.3, 0.4) is 0 Å². The molecule has 0 amide bonds. The standard InChI is InChI=1S/C20H18O4/c1-23-19(21)17-15(13-9-5-3-6-10-13)16(18(17)20(22)24-2)14-11-7-4-8-12-14/h3-12,17-18H,1-2H3/t17-,18-/m0/s1. The molecule has 0 N–H and O–H groups in total.